The van der Waals surface area contributed by atoms with Crippen molar-refractivity contribution in [2.45, 2.75) is 51.9 Å². The van der Waals surface area contributed by atoms with Crippen LogP contribution in [-0.2, 0) is 12.8 Å². The van der Waals surface area contributed by atoms with Crippen molar-refractivity contribution in [1.29, 1.82) is 0 Å². The first-order valence-electron chi connectivity index (χ1n) is 5.88. The molecule has 82 valence electrons. The summed E-state index contributed by atoms with van der Waals surface area (Å²) in [4.78, 5) is 19.3. The maximum absolute atomic E-state index is 11.8. The van der Waals surface area contributed by atoms with Crippen LogP contribution in [0, 0.1) is 0 Å². The van der Waals surface area contributed by atoms with Gasteiger partial charge in [-0.2, -0.15) is 0 Å². The average molecular weight is 206 g/mol. The van der Waals surface area contributed by atoms with Gasteiger partial charge in [-0.15, -0.1) is 0 Å². The van der Waals surface area contributed by atoms with Crippen molar-refractivity contribution < 1.29 is 0 Å². The van der Waals surface area contributed by atoms with E-state index in [-0.39, 0.29) is 5.56 Å². The monoisotopic (exact) mass is 206 g/mol. The lowest BCUT2D eigenvalue weighted by molar-refractivity contribution is 0.595. The van der Waals surface area contributed by atoms with E-state index in [0.717, 1.165) is 49.2 Å². The third-order valence-electron chi connectivity index (χ3n) is 3.33. The molecular formula is C12H18N2O. The maximum atomic E-state index is 11.8. The minimum atomic E-state index is 0.0967. The summed E-state index contributed by atoms with van der Waals surface area (Å²) >= 11 is 0. The topological polar surface area (TPSA) is 45.8 Å². The molecule has 1 heterocycles. The second kappa shape index (κ2) is 4.17. The van der Waals surface area contributed by atoms with Crippen LogP contribution in [0.4, 0.5) is 0 Å². The Balaban J connectivity index is 2.43. The molecule has 0 radical (unpaired) electrons. The van der Waals surface area contributed by atoms with E-state index in [0.29, 0.717) is 5.92 Å². The zero-order valence-corrected chi connectivity index (χ0v) is 9.47. The molecule has 1 aromatic rings. The molecule has 0 atom stereocenters. The Morgan fingerprint density at radius 3 is 2.73 bits per heavy atom. The van der Waals surface area contributed by atoms with Crippen LogP contribution in [0.5, 0.6) is 0 Å². The third kappa shape index (κ3) is 1.83. The van der Waals surface area contributed by atoms with Gasteiger partial charge in [0.25, 0.3) is 5.56 Å². The SMILES string of the molecule is CCC(CC)c1nc2c(c(=O)[nH]1)CCC2. The third-order valence-corrected chi connectivity index (χ3v) is 3.33. The van der Waals surface area contributed by atoms with Crippen LogP contribution < -0.4 is 5.56 Å². The van der Waals surface area contributed by atoms with E-state index < -0.39 is 0 Å². The number of nitrogens with one attached hydrogen (secondary N) is 1. The van der Waals surface area contributed by atoms with Crippen molar-refractivity contribution in [1.82, 2.24) is 9.97 Å². The van der Waals surface area contributed by atoms with E-state index >= 15 is 0 Å². The Morgan fingerprint density at radius 2 is 2.07 bits per heavy atom. The number of aromatic nitrogens is 2. The van der Waals surface area contributed by atoms with Gasteiger partial charge in [-0.25, -0.2) is 4.98 Å². The first kappa shape index (κ1) is 10.4. The summed E-state index contributed by atoms with van der Waals surface area (Å²) in [6.45, 7) is 4.28. The van der Waals surface area contributed by atoms with Gasteiger partial charge in [-0.05, 0) is 32.1 Å². The predicted molar refractivity (Wildman–Crippen MR) is 60.2 cm³/mol. The van der Waals surface area contributed by atoms with Gasteiger partial charge in [0, 0.05) is 11.5 Å². The highest BCUT2D eigenvalue weighted by Crippen LogP contribution is 2.22. The highest BCUT2D eigenvalue weighted by molar-refractivity contribution is 5.23. The number of hydrogen-bond acceptors (Lipinski definition) is 2. The largest absolute Gasteiger partial charge is 0.310 e. The summed E-state index contributed by atoms with van der Waals surface area (Å²) in [6, 6.07) is 0. The zero-order chi connectivity index (χ0) is 10.8. The van der Waals surface area contributed by atoms with E-state index in [2.05, 4.69) is 23.8 Å². The Kier molecular flexibility index (Phi) is 2.89. The molecule has 2 rings (SSSR count). The Morgan fingerprint density at radius 1 is 1.33 bits per heavy atom. The van der Waals surface area contributed by atoms with Crippen molar-refractivity contribution in [3.05, 3.63) is 27.4 Å². The summed E-state index contributed by atoms with van der Waals surface area (Å²) in [7, 11) is 0. The van der Waals surface area contributed by atoms with Crippen LogP contribution >= 0.6 is 0 Å². The van der Waals surface area contributed by atoms with Crippen molar-refractivity contribution >= 4 is 0 Å². The van der Waals surface area contributed by atoms with Crippen molar-refractivity contribution in [3.8, 4) is 0 Å². The molecular weight excluding hydrogens is 188 g/mol. The lowest BCUT2D eigenvalue weighted by Gasteiger charge is -2.12. The predicted octanol–water partition coefficient (Wildman–Crippen LogP) is 2.16. The Labute approximate surface area is 89.9 Å². The molecule has 1 aliphatic carbocycles. The van der Waals surface area contributed by atoms with Crippen LogP contribution in [0.15, 0.2) is 4.79 Å². The van der Waals surface area contributed by atoms with E-state index in [1.54, 1.807) is 0 Å². The fourth-order valence-corrected chi connectivity index (χ4v) is 2.33. The molecule has 0 saturated heterocycles. The molecule has 0 bridgehead atoms. The van der Waals surface area contributed by atoms with Gasteiger partial charge in [0.2, 0.25) is 0 Å². The minimum absolute atomic E-state index is 0.0967. The number of H-pyrrole nitrogens is 1. The summed E-state index contributed by atoms with van der Waals surface area (Å²) in [6.07, 6.45) is 5.04. The number of rotatable bonds is 3. The molecule has 15 heavy (non-hydrogen) atoms. The summed E-state index contributed by atoms with van der Waals surface area (Å²) in [5, 5.41) is 0. The van der Waals surface area contributed by atoms with Gasteiger partial charge >= 0.3 is 0 Å². The van der Waals surface area contributed by atoms with Crippen LogP contribution in [-0.4, -0.2) is 9.97 Å². The van der Waals surface area contributed by atoms with Gasteiger partial charge in [-0.1, -0.05) is 13.8 Å². The minimum Gasteiger partial charge on any atom is -0.310 e. The van der Waals surface area contributed by atoms with E-state index in [1.165, 1.54) is 0 Å². The molecule has 1 N–H and O–H groups in total. The molecule has 3 heteroatoms. The highest BCUT2D eigenvalue weighted by Gasteiger charge is 2.19. The molecule has 0 fully saturated rings. The van der Waals surface area contributed by atoms with Gasteiger partial charge in [0.1, 0.15) is 5.82 Å². The van der Waals surface area contributed by atoms with Gasteiger partial charge < -0.3 is 4.98 Å². The van der Waals surface area contributed by atoms with Gasteiger partial charge in [0.15, 0.2) is 0 Å². The standard InChI is InChI=1S/C12H18N2O/c1-3-8(4-2)11-13-10-7-5-6-9(10)12(15)14-11/h8H,3-7H2,1-2H3,(H,13,14,15). The Bertz CT molecular complexity index is 405. The first-order valence-corrected chi connectivity index (χ1v) is 5.88. The van der Waals surface area contributed by atoms with E-state index in [9.17, 15) is 4.79 Å². The van der Waals surface area contributed by atoms with Crippen molar-refractivity contribution in [2.75, 3.05) is 0 Å². The summed E-state index contributed by atoms with van der Waals surface area (Å²) < 4.78 is 0. The highest BCUT2D eigenvalue weighted by atomic mass is 16.1. The average Bonchev–Trinajstić information content (AvgIpc) is 2.68. The van der Waals surface area contributed by atoms with E-state index in [1.807, 2.05) is 0 Å². The fraction of sp³-hybridized carbons (Fsp3) is 0.667. The molecule has 0 unspecified atom stereocenters. The van der Waals surface area contributed by atoms with Gasteiger partial charge in [0.05, 0.1) is 5.69 Å². The molecule has 0 spiro atoms. The van der Waals surface area contributed by atoms with Crippen LogP contribution in [0.3, 0.4) is 0 Å². The van der Waals surface area contributed by atoms with Crippen LogP contribution in [0.25, 0.3) is 0 Å². The number of aryl methyl sites for hydroxylation is 1. The van der Waals surface area contributed by atoms with Crippen LogP contribution in [0.2, 0.25) is 0 Å². The Hall–Kier alpha value is -1.12. The summed E-state index contributed by atoms with van der Waals surface area (Å²) in [5.74, 6) is 1.30. The van der Waals surface area contributed by atoms with Crippen LogP contribution in [0.1, 0.15) is 56.1 Å². The zero-order valence-electron chi connectivity index (χ0n) is 9.47. The fourth-order valence-electron chi connectivity index (χ4n) is 2.33. The quantitative estimate of drug-likeness (QED) is 0.823. The van der Waals surface area contributed by atoms with E-state index in [4.69, 9.17) is 0 Å². The smallest absolute Gasteiger partial charge is 0.254 e. The van der Waals surface area contributed by atoms with Crippen molar-refractivity contribution in [3.63, 3.8) is 0 Å². The molecule has 3 nitrogen and oxygen atoms in total. The molecule has 0 amide bonds. The molecule has 0 aliphatic heterocycles. The lowest BCUT2D eigenvalue weighted by Crippen LogP contribution is -2.18. The van der Waals surface area contributed by atoms with Gasteiger partial charge in [-0.3, -0.25) is 4.79 Å². The second-order valence-electron chi connectivity index (χ2n) is 4.24. The maximum Gasteiger partial charge on any atom is 0.254 e. The lowest BCUT2D eigenvalue weighted by atomic mass is 10.0. The number of hydrogen-bond donors (Lipinski definition) is 1. The van der Waals surface area contributed by atoms with Crippen molar-refractivity contribution in [2.24, 2.45) is 0 Å². The normalized spacial score (nSPS) is 14.6. The molecule has 0 aromatic carbocycles. The number of nitrogens with zero attached hydrogens (tertiary/aromatic N) is 1. The molecule has 1 aromatic heterocycles. The summed E-state index contributed by atoms with van der Waals surface area (Å²) in [5.41, 5.74) is 2.06. The first-order chi connectivity index (χ1) is 7.26. The molecule has 1 aliphatic rings. The number of aromatic amines is 1. The number of fused-ring (bicyclic) bond motifs is 1. The second-order valence-corrected chi connectivity index (χ2v) is 4.24. The molecule has 0 saturated carbocycles.